The Bertz CT molecular complexity index is 554. The number of carbonyl (C=O) groups excluding carboxylic acids is 2. The highest BCUT2D eigenvalue weighted by Crippen LogP contribution is 2.26. The Morgan fingerprint density at radius 2 is 1.95 bits per heavy atom. The molecule has 0 saturated carbocycles. The van der Waals surface area contributed by atoms with Gasteiger partial charge in [0.15, 0.2) is 0 Å². The molecule has 1 heterocycles. The van der Waals surface area contributed by atoms with Crippen LogP contribution in [0, 0.1) is 0 Å². The third kappa shape index (κ3) is 4.11. The van der Waals surface area contributed by atoms with Gasteiger partial charge in [-0.05, 0) is 18.2 Å². The number of benzene rings is 1. The van der Waals surface area contributed by atoms with E-state index in [-0.39, 0.29) is 18.4 Å². The molecule has 2 amide bonds. The van der Waals surface area contributed by atoms with Crippen molar-refractivity contribution in [3.05, 3.63) is 18.2 Å². The molecule has 7 heteroatoms. The third-order valence-electron chi connectivity index (χ3n) is 3.68. The van der Waals surface area contributed by atoms with E-state index in [9.17, 15) is 9.59 Å². The fraction of sp³-hybridized carbons (Fsp3) is 0.467. The van der Waals surface area contributed by atoms with E-state index in [2.05, 4.69) is 5.32 Å². The molecule has 1 aromatic rings. The zero-order valence-corrected chi connectivity index (χ0v) is 13.0. The van der Waals surface area contributed by atoms with Crippen LogP contribution in [-0.2, 0) is 9.59 Å². The molecule has 22 heavy (non-hydrogen) atoms. The summed E-state index contributed by atoms with van der Waals surface area (Å²) >= 11 is 0. The molecule has 0 spiro atoms. The summed E-state index contributed by atoms with van der Waals surface area (Å²) in [4.78, 5) is 27.2. The van der Waals surface area contributed by atoms with E-state index < -0.39 is 0 Å². The summed E-state index contributed by atoms with van der Waals surface area (Å²) in [5.74, 6) is 0.526. The van der Waals surface area contributed by atoms with E-state index in [1.807, 2.05) is 4.90 Å². The average molecular weight is 306 g/mol. The third-order valence-corrected chi connectivity index (χ3v) is 3.68. The van der Waals surface area contributed by atoms with Crippen molar-refractivity contribution in [3.8, 4) is 5.75 Å². The monoisotopic (exact) mass is 306 g/mol. The van der Waals surface area contributed by atoms with Gasteiger partial charge in [0.05, 0.1) is 19.3 Å². The van der Waals surface area contributed by atoms with E-state index in [1.165, 1.54) is 0 Å². The van der Waals surface area contributed by atoms with Crippen LogP contribution in [0.15, 0.2) is 18.2 Å². The van der Waals surface area contributed by atoms with Crippen molar-refractivity contribution >= 4 is 23.2 Å². The van der Waals surface area contributed by atoms with Crippen molar-refractivity contribution in [2.45, 2.75) is 6.92 Å². The zero-order valence-electron chi connectivity index (χ0n) is 13.0. The topological polar surface area (TPSA) is 87.9 Å². The summed E-state index contributed by atoms with van der Waals surface area (Å²) in [6, 6.07) is 5.11. The molecule has 0 radical (unpaired) electrons. The highest BCUT2D eigenvalue weighted by molar-refractivity contribution is 5.94. The van der Waals surface area contributed by atoms with Gasteiger partial charge < -0.3 is 20.7 Å². The number of hydrogen-bond acceptors (Lipinski definition) is 5. The molecule has 1 aliphatic rings. The number of anilines is 2. The Balaban J connectivity index is 1.89. The van der Waals surface area contributed by atoms with Gasteiger partial charge in [0.2, 0.25) is 11.8 Å². The highest BCUT2D eigenvalue weighted by Gasteiger charge is 2.20. The summed E-state index contributed by atoms with van der Waals surface area (Å²) in [7, 11) is 1.54. The van der Waals surface area contributed by atoms with Gasteiger partial charge >= 0.3 is 0 Å². The van der Waals surface area contributed by atoms with E-state index in [0.717, 1.165) is 0 Å². The highest BCUT2D eigenvalue weighted by atomic mass is 16.5. The predicted octanol–water partition coefficient (Wildman–Crippen LogP) is 0.380. The molecule has 0 bridgehead atoms. The number of nitrogens with two attached hydrogens (primary N) is 1. The number of amides is 2. The number of rotatable bonds is 4. The molecule has 0 atom stereocenters. The number of hydrogen-bond donors (Lipinski definition) is 2. The average Bonchev–Trinajstić information content (AvgIpc) is 2.48. The van der Waals surface area contributed by atoms with Gasteiger partial charge in [-0.3, -0.25) is 14.5 Å². The van der Waals surface area contributed by atoms with Crippen molar-refractivity contribution in [1.29, 1.82) is 0 Å². The van der Waals surface area contributed by atoms with Crippen LogP contribution in [0.2, 0.25) is 0 Å². The smallest absolute Gasteiger partial charge is 0.238 e. The van der Waals surface area contributed by atoms with Gasteiger partial charge in [-0.2, -0.15) is 0 Å². The fourth-order valence-corrected chi connectivity index (χ4v) is 2.44. The number of nitrogens with zero attached hydrogens (tertiary/aromatic N) is 2. The molecule has 1 aromatic carbocycles. The maximum atomic E-state index is 12.1. The number of ether oxygens (including phenoxy) is 1. The normalized spacial score (nSPS) is 15.5. The standard InChI is InChI=1S/C15H22N4O3/c1-11(20)19-7-5-18(6-8-19)10-15(21)17-13-9-12(16)3-4-14(13)22-2/h3-4,9H,5-8,10,16H2,1-2H3,(H,17,21). The van der Waals surface area contributed by atoms with Gasteiger partial charge in [-0.25, -0.2) is 0 Å². The van der Waals surface area contributed by atoms with Crippen LogP contribution in [0.1, 0.15) is 6.92 Å². The Morgan fingerprint density at radius 3 is 2.55 bits per heavy atom. The van der Waals surface area contributed by atoms with Crippen molar-refractivity contribution in [2.24, 2.45) is 0 Å². The maximum absolute atomic E-state index is 12.1. The first-order valence-electron chi connectivity index (χ1n) is 7.21. The maximum Gasteiger partial charge on any atom is 0.238 e. The molecule has 0 unspecified atom stereocenters. The Kier molecular flexibility index (Phi) is 5.21. The molecule has 0 aliphatic carbocycles. The summed E-state index contributed by atoms with van der Waals surface area (Å²) < 4.78 is 5.20. The van der Waals surface area contributed by atoms with Crippen molar-refractivity contribution in [1.82, 2.24) is 9.80 Å². The lowest BCUT2D eigenvalue weighted by atomic mass is 10.2. The van der Waals surface area contributed by atoms with Crippen LogP contribution >= 0.6 is 0 Å². The number of piperazine rings is 1. The molecule has 3 N–H and O–H groups in total. The lowest BCUT2D eigenvalue weighted by Gasteiger charge is -2.33. The molecule has 1 aliphatic heterocycles. The van der Waals surface area contributed by atoms with Crippen LogP contribution in [0.25, 0.3) is 0 Å². The fourth-order valence-electron chi connectivity index (χ4n) is 2.44. The van der Waals surface area contributed by atoms with Gasteiger partial charge in [0.1, 0.15) is 5.75 Å². The van der Waals surface area contributed by atoms with Gasteiger partial charge in [0.25, 0.3) is 0 Å². The number of carbonyl (C=O) groups is 2. The lowest BCUT2D eigenvalue weighted by molar-refractivity contribution is -0.130. The summed E-state index contributed by atoms with van der Waals surface area (Å²) in [5.41, 5.74) is 6.86. The van der Waals surface area contributed by atoms with Crippen LogP contribution in [0.5, 0.6) is 5.75 Å². The number of nitrogen functional groups attached to an aromatic ring is 1. The van der Waals surface area contributed by atoms with E-state index in [1.54, 1.807) is 37.1 Å². The second kappa shape index (κ2) is 7.13. The molecular formula is C15H22N4O3. The predicted molar refractivity (Wildman–Crippen MR) is 84.7 cm³/mol. The Hall–Kier alpha value is -2.28. The molecular weight excluding hydrogens is 284 g/mol. The summed E-state index contributed by atoms with van der Waals surface area (Å²) in [6.45, 7) is 4.55. The SMILES string of the molecule is COc1ccc(N)cc1NC(=O)CN1CCN(C(C)=O)CC1. The minimum atomic E-state index is -0.125. The van der Waals surface area contributed by atoms with E-state index in [0.29, 0.717) is 43.3 Å². The minimum Gasteiger partial charge on any atom is -0.495 e. The molecule has 1 fully saturated rings. The summed E-state index contributed by atoms with van der Waals surface area (Å²) in [6.07, 6.45) is 0. The van der Waals surface area contributed by atoms with Gasteiger partial charge in [0, 0.05) is 38.8 Å². The first kappa shape index (κ1) is 16.1. The molecule has 1 saturated heterocycles. The Morgan fingerprint density at radius 1 is 1.27 bits per heavy atom. The van der Waals surface area contributed by atoms with Crippen LogP contribution in [0.3, 0.4) is 0 Å². The first-order valence-corrected chi connectivity index (χ1v) is 7.21. The molecule has 120 valence electrons. The largest absolute Gasteiger partial charge is 0.495 e. The quantitative estimate of drug-likeness (QED) is 0.785. The second-order valence-electron chi connectivity index (χ2n) is 5.29. The van der Waals surface area contributed by atoms with E-state index >= 15 is 0 Å². The van der Waals surface area contributed by atoms with Gasteiger partial charge in [-0.1, -0.05) is 0 Å². The second-order valence-corrected chi connectivity index (χ2v) is 5.29. The van der Waals surface area contributed by atoms with Crippen LogP contribution in [0.4, 0.5) is 11.4 Å². The minimum absolute atomic E-state index is 0.0774. The number of methoxy groups -OCH3 is 1. The van der Waals surface area contributed by atoms with Crippen molar-refractivity contribution in [3.63, 3.8) is 0 Å². The van der Waals surface area contributed by atoms with E-state index in [4.69, 9.17) is 10.5 Å². The van der Waals surface area contributed by atoms with Crippen LogP contribution < -0.4 is 15.8 Å². The van der Waals surface area contributed by atoms with Gasteiger partial charge in [-0.15, -0.1) is 0 Å². The van der Waals surface area contributed by atoms with Crippen LogP contribution in [-0.4, -0.2) is 61.4 Å². The Labute approximate surface area is 130 Å². The van der Waals surface area contributed by atoms with Crippen molar-refractivity contribution < 1.29 is 14.3 Å². The molecule has 2 rings (SSSR count). The summed E-state index contributed by atoms with van der Waals surface area (Å²) in [5, 5.41) is 2.82. The first-order chi connectivity index (χ1) is 10.5. The number of nitrogens with one attached hydrogen (secondary N) is 1. The molecule has 7 nitrogen and oxygen atoms in total. The molecule has 0 aromatic heterocycles. The lowest BCUT2D eigenvalue weighted by Crippen LogP contribution is -2.49. The van der Waals surface area contributed by atoms with Crippen molar-refractivity contribution in [2.75, 3.05) is 50.9 Å². The zero-order chi connectivity index (χ0) is 16.1.